The minimum atomic E-state index is -4.50. The lowest BCUT2D eigenvalue weighted by atomic mass is 9.91. The van der Waals surface area contributed by atoms with Crippen LogP contribution in [0, 0.1) is 0 Å². The van der Waals surface area contributed by atoms with Gasteiger partial charge in [0.15, 0.2) is 0 Å². The standard InChI is InChI=1S/C11H12F3NO2/c12-11(13,14)9-4-2-1-3-8(9)7(6-15)5-10(16)17/h1-4,7H,5-6,15H2,(H,16,17). The lowest BCUT2D eigenvalue weighted by molar-refractivity contribution is -0.140. The molecule has 0 spiro atoms. The van der Waals surface area contributed by atoms with Crippen LogP contribution in [0.5, 0.6) is 0 Å². The molecule has 0 aliphatic heterocycles. The lowest BCUT2D eigenvalue weighted by Gasteiger charge is -2.18. The van der Waals surface area contributed by atoms with E-state index in [9.17, 15) is 18.0 Å². The third-order valence-corrected chi connectivity index (χ3v) is 2.41. The Kier molecular flexibility index (Phi) is 4.11. The summed E-state index contributed by atoms with van der Waals surface area (Å²) in [6.07, 6.45) is -4.91. The van der Waals surface area contributed by atoms with Gasteiger partial charge in [0, 0.05) is 5.92 Å². The molecule has 1 atom stereocenters. The molecule has 0 aliphatic rings. The molecule has 1 rings (SSSR count). The third-order valence-electron chi connectivity index (χ3n) is 2.41. The molecule has 3 nitrogen and oxygen atoms in total. The van der Waals surface area contributed by atoms with Crippen molar-refractivity contribution in [1.82, 2.24) is 0 Å². The zero-order valence-corrected chi connectivity index (χ0v) is 8.87. The van der Waals surface area contributed by atoms with Crippen LogP contribution in [0.2, 0.25) is 0 Å². The number of carboxylic acids is 1. The smallest absolute Gasteiger partial charge is 0.416 e. The number of aliphatic carboxylic acids is 1. The van der Waals surface area contributed by atoms with Gasteiger partial charge in [-0.3, -0.25) is 4.79 Å². The molecule has 17 heavy (non-hydrogen) atoms. The number of carboxylic acid groups (broad SMARTS) is 1. The van der Waals surface area contributed by atoms with E-state index in [1.54, 1.807) is 0 Å². The Bertz CT molecular complexity index is 404. The van der Waals surface area contributed by atoms with Crippen molar-refractivity contribution in [3.8, 4) is 0 Å². The van der Waals surface area contributed by atoms with Crippen LogP contribution >= 0.6 is 0 Å². The van der Waals surface area contributed by atoms with E-state index in [2.05, 4.69) is 0 Å². The highest BCUT2D eigenvalue weighted by molar-refractivity contribution is 5.68. The molecular formula is C11H12F3NO2. The minimum absolute atomic E-state index is 0.0649. The van der Waals surface area contributed by atoms with Gasteiger partial charge in [0.25, 0.3) is 0 Å². The largest absolute Gasteiger partial charge is 0.481 e. The number of rotatable bonds is 4. The van der Waals surface area contributed by atoms with E-state index in [0.29, 0.717) is 0 Å². The van der Waals surface area contributed by atoms with Gasteiger partial charge < -0.3 is 10.8 Å². The second kappa shape index (κ2) is 5.18. The van der Waals surface area contributed by atoms with Crippen LogP contribution in [0.3, 0.4) is 0 Å². The first-order valence-corrected chi connectivity index (χ1v) is 4.94. The zero-order chi connectivity index (χ0) is 13.1. The van der Waals surface area contributed by atoms with Gasteiger partial charge in [-0.15, -0.1) is 0 Å². The second-order valence-electron chi connectivity index (χ2n) is 3.62. The van der Waals surface area contributed by atoms with Crippen LogP contribution in [0.15, 0.2) is 24.3 Å². The van der Waals surface area contributed by atoms with Gasteiger partial charge in [0.2, 0.25) is 0 Å². The van der Waals surface area contributed by atoms with Crippen molar-refractivity contribution < 1.29 is 23.1 Å². The van der Waals surface area contributed by atoms with Gasteiger partial charge in [0.1, 0.15) is 0 Å². The highest BCUT2D eigenvalue weighted by Crippen LogP contribution is 2.35. The minimum Gasteiger partial charge on any atom is -0.481 e. The van der Waals surface area contributed by atoms with Crippen LogP contribution in [0.1, 0.15) is 23.5 Å². The molecular weight excluding hydrogens is 235 g/mol. The summed E-state index contributed by atoms with van der Waals surface area (Å²) in [5.74, 6) is -2.00. The molecule has 1 aromatic carbocycles. The van der Waals surface area contributed by atoms with Crippen molar-refractivity contribution in [3.05, 3.63) is 35.4 Å². The summed E-state index contributed by atoms with van der Waals surface area (Å²) in [5.41, 5.74) is 4.45. The summed E-state index contributed by atoms with van der Waals surface area (Å²) in [6, 6.07) is 4.90. The molecule has 0 bridgehead atoms. The highest BCUT2D eigenvalue weighted by Gasteiger charge is 2.34. The predicted octanol–water partition coefficient (Wildman–Crippen LogP) is 2.22. The van der Waals surface area contributed by atoms with Crippen molar-refractivity contribution in [2.45, 2.75) is 18.5 Å². The molecule has 0 saturated heterocycles. The molecule has 0 saturated carbocycles. The zero-order valence-electron chi connectivity index (χ0n) is 8.87. The molecule has 94 valence electrons. The number of carbonyl (C=O) groups is 1. The molecule has 3 N–H and O–H groups in total. The van der Waals surface area contributed by atoms with Gasteiger partial charge in [-0.2, -0.15) is 13.2 Å². The maximum atomic E-state index is 12.7. The Balaban J connectivity index is 3.15. The molecule has 1 aromatic rings. The van der Waals surface area contributed by atoms with Gasteiger partial charge >= 0.3 is 12.1 Å². The summed E-state index contributed by atoms with van der Waals surface area (Å²) in [5, 5.41) is 8.63. The Hall–Kier alpha value is -1.56. The SMILES string of the molecule is NCC(CC(=O)O)c1ccccc1C(F)(F)F. The van der Waals surface area contributed by atoms with E-state index >= 15 is 0 Å². The number of hydrogen-bond acceptors (Lipinski definition) is 2. The molecule has 0 heterocycles. The second-order valence-corrected chi connectivity index (χ2v) is 3.62. The number of alkyl halides is 3. The average Bonchev–Trinajstić information content (AvgIpc) is 2.24. The Morgan fingerprint density at radius 2 is 1.94 bits per heavy atom. The average molecular weight is 247 g/mol. The summed E-state index contributed by atoms with van der Waals surface area (Å²) in [6.45, 7) is -0.139. The number of halogens is 3. The monoisotopic (exact) mass is 247 g/mol. The topological polar surface area (TPSA) is 63.3 Å². The van der Waals surface area contributed by atoms with Gasteiger partial charge in [0.05, 0.1) is 12.0 Å². The number of nitrogens with two attached hydrogens (primary N) is 1. The fourth-order valence-electron chi connectivity index (χ4n) is 1.64. The van der Waals surface area contributed by atoms with Gasteiger partial charge in [-0.25, -0.2) is 0 Å². The predicted molar refractivity (Wildman–Crippen MR) is 55.5 cm³/mol. The molecule has 0 fully saturated rings. The van der Waals surface area contributed by atoms with E-state index in [-0.39, 0.29) is 12.1 Å². The maximum Gasteiger partial charge on any atom is 0.416 e. The lowest BCUT2D eigenvalue weighted by Crippen LogP contribution is -2.20. The quantitative estimate of drug-likeness (QED) is 0.857. The normalized spacial score (nSPS) is 13.4. The van der Waals surface area contributed by atoms with E-state index < -0.39 is 30.0 Å². The molecule has 6 heteroatoms. The maximum absolute atomic E-state index is 12.7. The summed E-state index contributed by atoms with van der Waals surface area (Å²) >= 11 is 0. The Labute approximate surface area is 96.0 Å². The van der Waals surface area contributed by atoms with Crippen molar-refractivity contribution in [3.63, 3.8) is 0 Å². The fourth-order valence-corrected chi connectivity index (χ4v) is 1.64. The molecule has 0 aliphatic carbocycles. The number of benzene rings is 1. The molecule has 1 unspecified atom stereocenters. The Morgan fingerprint density at radius 3 is 2.41 bits per heavy atom. The molecule has 0 amide bonds. The van der Waals surface area contributed by atoms with Crippen LogP contribution in [-0.2, 0) is 11.0 Å². The van der Waals surface area contributed by atoms with Crippen molar-refractivity contribution in [2.75, 3.05) is 6.54 Å². The van der Waals surface area contributed by atoms with E-state index in [0.717, 1.165) is 6.07 Å². The highest BCUT2D eigenvalue weighted by atomic mass is 19.4. The summed E-state index contributed by atoms with van der Waals surface area (Å²) < 4.78 is 38.1. The van der Waals surface area contributed by atoms with Crippen molar-refractivity contribution in [1.29, 1.82) is 0 Å². The van der Waals surface area contributed by atoms with Crippen LogP contribution in [-0.4, -0.2) is 17.6 Å². The third kappa shape index (κ3) is 3.45. The first-order valence-electron chi connectivity index (χ1n) is 4.94. The van der Waals surface area contributed by atoms with Gasteiger partial charge in [-0.05, 0) is 18.2 Å². The van der Waals surface area contributed by atoms with Crippen LogP contribution in [0.4, 0.5) is 13.2 Å². The van der Waals surface area contributed by atoms with Crippen molar-refractivity contribution in [2.24, 2.45) is 5.73 Å². The number of hydrogen-bond donors (Lipinski definition) is 2. The van der Waals surface area contributed by atoms with E-state index in [1.807, 2.05) is 0 Å². The van der Waals surface area contributed by atoms with E-state index in [1.165, 1.54) is 18.2 Å². The first-order chi connectivity index (χ1) is 7.86. The molecule has 0 radical (unpaired) electrons. The first kappa shape index (κ1) is 13.5. The fraction of sp³-hybridized carbons (Fsp3) is 0.364. The Morgan fingerprint density at radius 1 is 1.35 bits per heavy atom. The molecule has 0 aromatic heterocycles. The van der Waals surface area contributed by atoms with Gasteiger partial charge in [-0.1, -0.05) is 18.2 Å². The van der Waals surface area contributed by atoms with Crippen LogP contribution < -0.4 is 5.73 Å². The summed E-state index contributed by atoms with van der Waals surface area (Å²) in [7, 11) is 0. The van der Waals surface area contributed by atoms with E-state index in [4.69, 9.17) is 10.8 Å². The summed E-state index contributed by atoms with van der Waals surface area (Å²) in [4.78, 5) is 10.6. The van der Waals surface area contributed by atoms with Crippen LogP contribution in [0.25, 0.3) is 0 Å². The van der Waals surface area contributed by atoms with Crippen molar-refractivity contribution >= 4 is 5.97 Å².